The Morgan fingerprint density at radius 2 is 1.77 bits per heavy atom. The maximum atomic E-state index is 12.3. The number of nitrogens with one attached hydrogen (secondary N) is 2. The van der Waals surface area contributed by atoms with Crippen LogP contribution in [0.1, 0.15) is 17.0 Å². The molecule has 0 saturated carbocycles. The van der Waals surface area contributed by atoms with E-state index in [4.69, 9.17) is 16.6 Å². The number of amides is 2. The fourth-order valence-corrected chi connectivity index (χ4v) is 3.92. The van der Waals surface area contributed by atoms with Crippen LogP contribution in [0.15, 0.2) is 72.8 Å². The molecule has 2 amide bonds. The number of halogens is 1. The smallest absolute Gasteiger partial charge is 0.319 e. The summed E-state index contributed by atoms with van der Waals surface area (Å²) in [5, 5.41) is 6.26. The molecule has 0 spiro atoms. The first-order valence-electron chi connectivity index (χ1n) is 10.4. The molecular formula is C25H25ClN4O. The van der Waals surface area contributed by atoms with Gasteiger partial charge in [0.2, 0.25) is 0 Å². The number of nitrogens with zero attached hydrogens (tertiary/aromatic N) is 2. The van der Waals surface area contributed by atoms with Crippen LogP contribution in [0.25, 0.3) is 11.0 Å². The van der Waals surface area contributed by atoms with E-state index < -0.39 is 0 Å². The highest BCUT2D eigenvalue weighted by atomic mass is 35.5. The maximum Gasteiger partial charge on any atom is 0.319 e. The van der Waals surface area contributed by atoms with E-state index in [0.29, 0.717) is 23.8 Å². The van der Waals surface area contributed by atoms with Gasteiger partial charge in [0.1, 0.15) is 5.82 Å². The number of para-hydroxylation sites is 2. The highest BCUT2D eigenvalue weighted by Crippen LogP contribution is 2.22. The third-order valence-corrected chi connectivity index (χ3v) is 5.52. The molecule has 0 fully saturated rings. The molecule has 0 unspecified atom stereocenters. The van der Waals surface area contributed by atoms with E-state index in [1.54, 1.807) is 0 Å². The number of anilines is 1. The Morgan fingerprint density at radius 3 is 2.58 bits per heavy atom. The lowest BCUT2D eigenvalue weighted by Gasteiger charge is -2.12. The van der Waals surface area contributed by atoms with E-state index in [-0.39, 0.29) is 6.03 Å². The Labute approximate surface area is 187 Å². The Bertz CT molecular complexity index is 1190. The Hall–Kier alpha value is -3.31. The number of hydrogen-bond donors (Lipinski definition) is 2. The number of carbonyl (C=O) groups excluding carboxylic acids is 1. The third kappa shape index (κ3) is 5.25. The summed E-state index contributed by atoms with van der Waals surface area (Å²) in [6, 6.07) is 23.8. The first kappa shape index (κ1) is 20.9. The predicted molar refractivity (Wildman–Crippen MR) is 127 cm³/mol. The van der Waals surface area contributed by atoms with Crippen LogP contribution in [0.3, 0.4) is 0 Å². The third-order valence-electron chi connectivity index (χ3n) is 5.21. The summed E-state index contributed by atoms with van der Waals surface area (Å²) in [6.45, 7) is 3.08. The number of aromatic nitrogens is 2. The van der Waals surface area contributed by atoms with Crippen LogP contribution >= 0.6 is 11.6 Å². The van der Waals surface area contributed by atoms with Crippen molar-refractivity contribution >= 4 is 34.4 Å². The molecule has 2 N–H and O–H groups in total. The molecule has 0 saturated heterocycles. The lowest BCUT2D eigenvalue weighted by atomic mass is 10.1. The molecule has 0 aliphatic heterocycles. The lowest BCUT2D eigenvalue weighted by molar-refractivity contribution is 0.251. The van der Waals surface area contributed by atoms with E-state index >= 15 is 0 Å². The molecule has 1 aromatic heterocycles. The molecule has 5 nitrogen and oxygen atoms in total. The highest BCUT2D eigenvalue weighted by Gasteiger charge is 2.11. The molecule has 31 heavy (non-hydrogen) atoms. The van der Waals surface area contributed by atoms with Crippen LogP contribution in [0.2, 0.25) is 5.02 Å². The molecule has 0 radical (unpaired) electrons. The van der Waals surface area contributed by atoms with Crippen LogP contribution in [0, 0.1) is 6.92 Å². The molecule has 0 atom stereocenters. The summed E-state index contributed by atoms with van der Waals surface area (Å²) in [5.41, 5.74) is 4.98. The van der Waals surface area contributed by atoms with Gasteiger partial charge in [-0.15, -0.1) is 0 Å². The van der Waals surface area contributed by atoms with Crippen molar-refractivity contribution in [2.24, 2.45) is 0 Å². The topological polar surface area (TPSA) is 59.0 Å². The van der Waals surface area contributed by atoms with E-state index in [1.807, 2.05) is 49.4 Å². The molecule has 3 aromatic carbocycles. The minimum atomic E-state index is -0.277. The molecule has 4 aromatic rings. The largest absolute Gasteiger partial charge is 0.336 e. The summed E-state index contributed by atoms with van der Waals surface area (Å²) < 4.78 is 2.19. The van der Waals surface area contributed by atoms with Crippen molar-refractivity contribution in [2.75, 3.05) is 11.9 Å². The normalized spacial score (nSPS) is 10.9. The van der Waals surface area contributed by atoms with Crippen molar-refractivity contribution < 1.29 is 4.79 Å². The second-order valence-electron chi connectivity index (χ2n) is 7.52. The van der Waals surface area contributed by atoms with Crippen molar-refractivity contribution in [3.05, 3.63) is 94.8 Å². The number of aryl methyl sites for hydroxylation is 3. The van der Waals surface area contributed by atoms with Gasteiger partial charge in [0.25, 0.3) is 0 Å². The van der Waals surface area contributed by atoms with Crippen molar-refractivity contribution in [2.45, 2.75) is 26.3 Å². The van der Waals surface area contributed by atoms with Gasteiger partial charge >= 0.3 is 6.03 Å². The minimum absolute atomic E-state index is 0.277. The Kier molecular flexibility index (Phi) is 6.53. The Balaban J connectivity index is 1.41. The second-order valence-corrected chi connectivity index (χ2v) is 7.93. The molecule has 158 valence electrons. The first-order chi connectivity index (χ1) is 15.1. The van der Waals surface area contributed by atoms with Gasteiger partial charge < -0.3 is 15.2 Å². The van der Waals surface area contributed by atoms with Gasteiger partial charge in [-0.1, -0.05) is 60.1 Å². The molecule has 1 heterocycles. The first-order valence-corrected chi connectivity index (χ1v) is 10.8. The highest BCUT2D eigenvalue weighted by molar-refractivity contribution is 6.33. The van der Waals surface area contributed by atoms with E-state index in [1.165, 1.54) is 5.56 Å². The zero-order valence-electron chi connectivity index (χ0n) is 17.4. The fraction of sp³-hybridized carbons (Fsp3) is 0.200. The summed E-state index contributed by atoms with van der Waals surface area (Å²) in [7, 11) is 0. The van der Waals surface area contributed by atoms with Crippen molar-refractivity contribution in [1.29, 1.82) is 0 Å². The van der Waals surface area contributed by atoms with Crippen LogP contribution in [0.4, 0.5) is 10.5 Å². The summed E-state index contributed by atoms with van der Waals surface area (Å²) >= 11 is 6.21. The van der Waals surface area contributed by atoms with E-state index in [9.17, 15) is 4.79 Å². The van der Waals surface area contributed by atoms with Gasteiger partial charge in [-0.3, -0.25) is 0 Å². The van der Waals surface area contributed by atoms with Crippen molar-refractivity contribution in [3.8, 4) is 0 Å². The number of fused-ring (bicyclic) bond motifs is 1. The zero-order valence-corrected chi connectivity index (χ0v) is 18.2. The number of hydrogen-bond acceptors (Lipinski definition) is 2. The van der Waals surface area contributed by atoms with Gasteiger partial charge in [-0.2, -0.15) is 0 Å². The van der Waals surface area contributed by atoms with Gasteiger partial charge in [-0.25, -0.2) is 9.78 Å². The van der Waals surface area contributed by atoms with Crippen molar-refractivity contribution in [1.82, 2.24) is 14.9 Å². The minimum Gasteiger partial charge on any atom is -0.336 e. The van der Waals surface area contributed by atoms with E-state index in [0.717, 1.165) is 35.3 Å². The standard InChI is InChI=1S/C25H25ClN4O/c1-18-11-13-21(20(26)17-18)29-25(31)27-15-16-30-23-10-6-5-9-22(23)28-24(30)14-12-19-7-3-2-4-8-19/h2-11,13,17H,12,14-16H2,1H3,(H2,27,29,31). The molecule has 0 bridgehead atoms. The van der Waals surface area contributed by atoms with Gasteiger partial charge in [0.05, 0.1) is 21.7 Å². The summed E-state index contributed by atoms with van der Waals surface area (Å²) in [6.07, 6.45) is 1.76. The number of urea groups is 1. The quantitative estimate of drug-likeness (QED) is 0.399. The lowest BCUT2D eigenvalue weighted by Crippen LogP contribution is -2.31. The molecule has 4 rings (SSSR count). The summed E-state index contributed by atoms with van der Waals surface area (Å²) in [5.74, 6) is 1.02. The number of benzene rings is 3. The molecule has 6 heteroatoms. The van der Waals surface area contributed by atoms with Gasteiger partial charge in [0.15, 0.2) is 0 Å². The predicted octanol–water partition coefficient (Wildman–Crippen LogP) is 5.61. The average Bonchev–Trinajstić information content (AvgIpc) is 3.13. The molecule has 0 aliphatic carbocycles. The number of rotatable bonds is 7. The molecule has 0 aliphatic rings. The van der Waals surface area contributed by atoms with E-state index in [2.05, 4.69) is 45.5 Å². The van der Waals surface area contributed by atoms with Crippen LogP contribution < -0.4 is 10.6 Å². The monoisotopic (exact) mass is 432 g/mol. The van der Waals surface area contributed by atoms with Crippen LogP contribution in [-0.2, 0) is 19.4 Å². The number of carbonyl (C=O) groups is 1. The van der Waals surface area contributed by atoms with Gasteiger partial charge in [-0.05, 0) is 48.7 Å². The maximum absolute atomic E-state index is 12.3. The Morgan fingerprint density at radius 1 is 1.00 bits per heavy atom. The van der Waals surface area contributed by atoms with Crippen LogP contribution in [-0.4, -0.2) is 22.1 Å². The second kappa shape index (κ2) is 9.67. The van der Waals surface area contributed by atoms with Gasteiger partial charge in [0, 0.05) is 19.5 Å². The zero-order chi connectivity index (χ0) is 21.6. The van der Waals surface area contributed by atoms with Crippen molar-refractivity contribution in [3.63, 3.8) is 0 Å². The SMILES string of the molecule is Cc1ccc(NC(=O)NCCn2c(CCc3ccccc3)nc3ccccc32)c(Cl)c1. The number of imidazole rings is 1. The van der Waals surface area contributed by atoms with Crippen LogP contribution in [0.5, 0.6) is 0 Å². The molecular weight excluding hydrogens is 408 g/mol. The summed E-state index contributed by atoms with van der Waals surface area (Å²) in [4.78, 5) is 17.2. The fourth-order valence-electron chi connectivity index (χ4n) is 3.64. The average molecular weight is 433 g/mol.